The zero-order chi connectivity index (χ0) is 17.6. The van der Waals surface area contributed by atoms with Gasteiger partial charge in [-0.2, -0.15) is 13.2 Å². The van der Waals surface area contributed by atoms with Gasteiger partial charge in [-0.1, -0.05) is 24.3 Å². The van der Waals surface area contributed by atoms with Crippen LogP contribution in [-0.2, 0) is 25.6 Å². The molecule has 0 aliphatic heterocycles. The fraction of sp³-hybridized carbons (Fsp3) is 0.333. The van der Waals surface area contributed by atoms with Gasteiger partial charge in [-0.25, -0.2) is 9.97 Å². The molecule has 130 valence electrons. The maximum absolute atomic E-state index is 13.2. The van der Waals surface area contributed by atoms with E-state index in [1.54, 1.807) is 0 Å². The monoisotopic (exact) mass is 363 g/mol. The van der Waals surface area contributed by atoms with Crippen LogP contribution in [-0.4, -0.2) is 9.97 Å². The van der Waals surface area contributed by atoms with Crippen molar-refractivity contribution in [1.82, 2.24) is 9.97 Å². The minimum Gasteiger partial charge on any atom is -0.365 e. The predicted molar refractivity (Wildman–Crippen MR) is 92.9 cm³/mol. The summed E-state index contributed by atoms with van der Waals surface area (Å²) in [6, 6.07) is 7.80. The normalized spacial score (nSPS) is 14.1. The molecular weight excluding hydrogens is 347 g/mol. The number of aryl methyl sites for hydroxylation is 3. The third-order valence-electron chi connectivity index (χ3n) is 4.53. The topological polar surface area (TPSA) is 37.8 Å². The number of alkyl halides is 3. The molecule has 0 unspecified atom stereocenters. The number of nitrogens with one attached hydrogen (secondary N) is 1. The number of halogens is 3. The Labute approximate surface area is 146 Å². The van der Waals surface area contributed by atoms with Gasteiger partial charge in [-0.3, -0.25) is 0 Å². The Hall–Kier alpha value is -2.15. The van der Waals surface area contributed by atoms with E-state index in [4.69, 9.17) is 0 Å². The van der Waals surface area contributed by atoms with Crippen LogP contribution in [0.3, 0.4) is 0 Å². The average Bonchev–Trinajstić information content (AvgIpc) is 3.13. The summed E-state index contributed by atoms with van der Waals surface area (Å²) in [4.78, 5) is 9.18. The first kappa shape index (κ1) is 16.3. The number of aromatic nitrogens is 2. The summed E-state index contributed by atoms with van der Waals surface area (Å²) in [5, 5.41) is 3.89. The molecule has 1 aliphatic carbocycles. The third kappa shape index (κ3) is 2.97. The fourth-order valence-electron chi connectivity index (χ4n) is 3.24. The van der Waals surface area contributed by atoms with Crippen molar-refractivity contribution in [2.45, 2.75) is 38.9 Å². The molecular formula is C18H16F3N3S. The van der Waals surface area contributed by atoms with Crippen LogP contribution >= 0.6 is 11.3 Å². The predicted octanol–water partition coefficient (Wildman–Crippen LogP) is 5.12. The van der Waals surface area contributed by atoms with Crippen LogP contribution in [0.2, 0.25) is 0 Å². The van der Waals surface area contributed by atoms with Crippen LogP contribution in [0.25, 0.3) is 10.2 Å². The molecule has 3 nitrogen and oxygen atoms in total. The molecule has 0 amide bonds. The maximum atomic E-state index is 13.2. The lowest BCUT2D eigenvalue weighted by atomic mass is 10.1. The molecule has 0 saturated carbocycles. The van der Waals surface area contributed by atoms with Crippen molar-refractivity contribution in [3.63, 3.8) is 0 Å². The second-order valence-electron chi connectivity index (χ2n) is 6.21. The average molecular weight is 363 g/mol. The molecule has 1 aliphatic rings. The molecule has 0 radical (unpaired) electrons. The Kier molecular flexibility index (Phi) is 3.91. The summed E-state index contributed by atoms with van der Waals surface area (Å²) in [5.74, 6) is -0.785. The summed E-state index contributed by atoms with van der Waals surface area (Å²) >= 11 is 1.36. The van der Waals surface area contributed by atoms with Gasteiger partial charge in [0.05, 0.1) is 5.39 Å². The first-order chi connectivity index (χ1) is 11.9. The van der Waals surface area contributed by atoms with Crippen molar-refractivity contribution in [3.8, 4) is 0 Å². The maximum Gasteiger partial charge on any atom is 0.451 e. The highest BCUT2D eigenvalue weighted by molar-refractivity contribution is 7.19. The number of nitrogens with zero attached hydrogens (tertiary/aromatic N) is 2. The van der Waals surface area contributed by atoms with Crippen LogP contribution in [0, 0.1) is 6.92 Å². The molecule has 2 heterocycles. The van der Waals surface area contributed by atoms with E-state index in [0.29, 0.717) is 17.2 Å². The third-order valence-corrected chi connectivity index (χ3v) is 5.71. The zero-order valence-electron chi connectivity index (χ0n) is 13.6. The molecule has 0 bridgehead atoms. The first-order valence-corrected chi connectivity index (χ1v) is 8.93. The SMILES string of the molecule is Cc1ccccc1CNc1nc(C(F)(F)F)nc2sc3c(c12)CCC3. The number of hydrogen-bond donors (Lipinski definition) is 1. The molecule has 1 N–H and O–H groups in total. The summed E-state index contributed by atoms with van der Waals surface area (Å²) < 4.78 is 39.5. The fourth-order valence-corrected chi connectivity index (χ4v) is 4.50. The molecule has 0 saturated heterocycles. The second-order valence-corrected chi connectivity index (χ2v) is 7.29. The van der Waals surface area contributed by atoms with Gasteiger partial charge in [0.25, 0.3) is 0 Å². The van der Waals surface area contributed by atoms with Crippen LogP contribution in [0.15, 0.2) is 24.3 Å². The molecule has 7 heteroatoms. The van der Waals surface area contributed by atoms with Crippen LogP contribution in [0.5, 0.6) is 0 Å². The van der Waals surface area contributed by atoms with Gasteiger partial charge in [0.15, 0.2) is 0 Å². The Balaban J connectivity index is 1.79. The van der Waals surface area contributed by atoms with Gasteiger partial charge in [0, 0.05) is 11.4 Å². The minimum absolute atomic E-state index is 0.292. The molecule has 1 aromatic carbocycles. The largest absolute Gasteiger partial charge is 0.451 e. The van der Waals surface area contributed by atoms with Crippen LogP contribution < -0.4 is 5.32 Å². The highest BCUT2D eigenvalue weighted by Crippen LogP contribution is 2.41. The number of rotatable bonds is 3. The Morgan fingerprint density at radius 2 is 1.96 bits per heavy atom. The molecule has 0 spiro atoms. The van der Waals surface area contributed by atoms with Crippen LogP contribution in [0.4, 0.5) is 19.0 Å². The van der Waals surface area contributed by atoms with Crippen molar-refractivity contribution < 1.29 is 13.2 Å². The summed E-state index contributed by atoms with van der Waals surface area (Å²) in [6.07, 6.45) is -1.73. The van der Waals surface area contributed by atoms with Gasteiger partial charge in [-0.15, -0.1) is 11.3 Å². The van der Waals surface area contributed by atoms with Crippen molar-refractivity contribution in [2.75, 3.05) is 5.32 Å². The Bertz CT molecular complexity index is 947. The van der Waals surface area contributed by atoms with E-state index in [1.807, 2.05) is 31.2 Å². The lowest BCUT2D eigenvalue weighted by Crippen LogP contribution is -2.13. The van der Waals surface area contributed by atoms with Crippen LogP contribution in [0.1, 0.15) is 33.8 Å². The number of hydrogen-bond acceptors (Lipinski definition) is 4. The van der Waals surface area contributed by atoms with Crippen molar-refractivity contribution in [3.05, 3.63) is 51.7 Å². The zero-order valence-corrected chi connectivity index (χ0v) is 14.4. The van der Waals surface area contributed by atoms with Crippen molar-refractivity contribution in [2.24, 2.45) is 0 Å². The molecule has 25 heavy (non-hydrogen) atoms. The second kappa shape index (κ2) is 5.98. The first-order valence-electron chi connectivity index (χ1n) is 8.11. The molecule has 0 fully saturated rings. The smallest absolute Gasteiger partial charge is 0.365 e. The lowest BCUT2D eigenvalue weighted by Gasteiger charge is -2.12. The highest BCUT2D eigenvalue weighted by atomic mass is 32.1. The van der Waals surface area contributed by atoms with Gasteiger partial charge < -0.3 is 5.32 Å². The summed E-state index contributed by atoms with van der Waals surface area (Å²) in [6.45, 7) is 2.41. The lowest BCUT2D eigenvalue weighted by molar-refractivity contribution is -0.144. The van der Waals surface area contributed by atoms with Gasteiger partial charge in [-0.05, 0) is 42.9 Å². The minimum atomic E-state index is -4.55. The number of benzene rings is 1. The van der Waals surface area contributed by atoms with E-state index < -0.39 is 12.0 Å². The number of thiophene rings is 1. The number of anilines is 1. The quantitative estimate of drug-likeness (QED) is 0.702. The van der Waals surface area contributed by atoms with E-state index >= 15 is 0 Å². The van der Waals surface area contributed by atoms with Gasteiger partial charge in [0.2, 0.25) is 5.82 Å². The van der Waals surface area contributed by atoms with Gasteiger partial charge in [0.1, 0.15) is 10.6 Å². The van der Waals surface area contributed by atoms with E-state index in [1.165, 1.54) is 11.3 Å². The standard InChI is InChI=1S/C18H16F3N3S/c1-10-5-2-3-6-11(10)9-22-15-14-12-7-4-8-13(12)25-16(14)24-17(23-15)18(19,20)21/h2-3,5-6H,4,7-9H2,1H3,(H,22,23,24). The van der Waals surface area contributed by atoms with Gasteiger partial charge >= 0.3 is 6.18 Å². The van der Waals surface area contributed by atoms with Crippen molar-refractivity contribution in [1.29, 1.82) is 0 Å². The Morgan fingerprint density at radius 3 is 2.72 bits per heavy atom. The van der Waals surface area contributed by atoms with E-state index in [-0.39, 0.29) is 0 Å². The highest BCUT2D eigenvalue weighted by Gasteiger charge is 2.36. The Morgan fingerprint density at radius 1 is 1.16 bits per heavy atom. The summed E-state index contributed by atoms with van der Waals surface area (Å²) in [7, 11) is 0. The van der Waals surface area contributed by atoms with E-state index in [9.17, 15) is 13.2 Å². The van der Waals surface area contributed by atoms with Crippen molar-refractivity contribution >= 4 is 27.4 Å². The number of fused-ring (bicyclic) bond motifs is 3. The van der Waals surface area contributed by atoms with E-state index in [2.05, 4.69) is 15.3 Å². The molecule has 0 atom stereocenters. The molecule has 4 rings (SSSR count). The summed E-state index contributed by atoms with van der Waals surface area (Å²) in [5.41, 5.74) is 3.24. The van der Waals surface area contributed by atoms with E-state index in [0.717, 1.165) is 46.2 Å². The molecule has 2 aromatic heterocycles. The molecule has 3 aromatic rings.